The molecule has 0 spiro atoms. The molecule has 0 aliphatic heterocycles. The van der Waals surface area contributed by atoms with Crippen LogP contribution in [0.3, 0.4) is 0 Å². The van der Waals surface area contributed by atoms with E-state index in [2.05, 4.69) is 24.0 Å². The van der Waals surface area contributed by atoms with Gasteiger partial charge >= 0.3 is 0 Å². The minimum Gasteiger partial charge on any atom is -0.302 e. The molecule has 1 aromatic heterocycles. The quantitative estimate of drug-likeness (QED) is 0.464. The molecule has 0 aliphatic carbocycles. The highest BCUT2D eigenvalue weighted by Gasteiger charge is 2.15. The van der Waals surface area contributed by atoms with Crippen molar-refractivity contribution in [3.63, 3.8) is 0 Å². The van der Waals surface area contributed by atoms with Gasteiger partial charge in [0.1, 0.15) is 0 Å². The number of aryl methyl sites for hydroxylation is 1. The fourth-order valence-electron chi connectivity index (χ4n) is 2.62. The van der Waals surface area contributed by atoms with Gasteiger partial charge in [-0.2, -0.15) is 0 Å². The second-order valence-electron chi connectivity index (χ2n) is 5.68. The van der Waals surface area contributed by atoms with Gasteiger partial charge in [0, 0.05) is 17.7 Å². The largest absolute Gasteiger partial charge is 0.302 e. The maximum atomic E-state index is 12.4. The number of benzene rings is 2. The lowest BCUT2D eigenvalue weighted by molar-refractivity contribution is 0.102. The number of nitrogens with zero attached hydrogens (tertiary/aromatic N) is 3. The summed E-state index contributed by atoms with van der Waals surface area (Å²) < 4.78 is 2.05. The highest BCUT2D eigenvalue weighted by atomic mass is 32.2. The van der Waals surface area contributed by atoms with Crippen molar-refractivity contribution in [3.8, 4) is 11.4 Å². The first-order valence-corrected chi connectivity index (χ1v) is 9.45. The predicted octanol–water partition coefficient (Wildman–Crippen LogP) is 4.50. The number of hydrogen-bond donors (Lipinski definition) is 0. The van der Waals surface area contributed by atoms with Crippen molar-refractivity contribution in [1.29, 1.82) is 0 Å². The van der Waals surface area contributed by atoms with Gasteiger partial charge in [-0.1, -0.05) is 73.3 Å². The SMILES string of the molecule is CCc1ccc(C(=O)CSc2nnc(-c3ccccc3)n2CC)cc1. The molecule has 3 aromatic rings. The lowest BCUT2D eigenvalue weighted by Gasteiger charge is -2.07. The van der Waals surface area contributed by atoms with Crippen LogP contribution >= 0.6 is 11.8 Å². The maximum Gasteiger partial charge on any atom is 0.191 e. The number of ketones is 1. The van der Waals surface area contributed by atoms with Gasteiger partial charge in [0.05, 0.1) is 5.75 Å². The molecule has 4 nitrogen and oxygen atoms in total. The first-order chi connectivity index (χ1) is 12.2. The summed E-state index contributed by atoms with van der Waals surface area (Å²) in [4.78, 5) is 12.4. The standard InChI is InChI=1S/C20H21N3OS/c1-3-15-10-12-16(13-11-15)18(24)14-25-20-22-21-19(23(20)4-2)17-8-6-5-7-9-17/h5-13H,3-4,14H2,1-2H3. The Kier molecular flexibility index (Phi) is 5.66. The molecule has 1 heterocycles. The van der Waals surface area contributed by atoms with Crippen molar-refractivity contribution < 1.29 is 4.79 Å². The Bertz CT molecular complexity index is 841. The molecule has 0 atom stereocenters. The van der Waals surface area contributed by atoms with Crippen LogP contribution in [-0.4, -0.2) is 26.3 Å². The van der Waals surface area contributed by atoms with E-state index < -0.39 is 0 Å². The fourth-order valence-corrected chi connectivity index (χ4v) is 3.52. The Morgan fingerprint density at radius 1 is 1.00 bits per heavy atom. The molecular formula is C20H21N3OS. The zero-order valence-electron chi connectivity index (χ0n) is 14.5. The lowest BCUT2D eigenvalue weighted by atomic mass is 10.1. The summed E-state index contributed by atoms with van der Waals surface area (Å²) in [6.45, 7) is 4.93. The van der Waals surface area contributed by atoms with E-state index in [4.69, 9.17) is 0 Å². The average molecular weight is 351 g/mol. The van der Waals surface area contributed by atoms with Crippen molar-refractivity contribution in [3.05, 3.63) is 65.7 Å². The molecule has 0 aliphatic rings. The molecule has 128 valence electrons. The molecule has 2 aromatic carbocycles. The second kappa shape index (κ2) is 8.12. The van der Waals surface area contributed by atoms with Gasteiger partial charge in [0.2, 0.25) is 0 Å². The number of rotatable bonds is 7. The van der Waals surface area contributed by atoms with Gasteiger partial charge in [0.15, 0.2) is 16.8 Å². The van der Waals surface area contributed by atoms with Gasteiger partial charge in [-0.3, -0.25) is 4.79 Å². The van der Waals surface area contributed by atoms with Crippen LogP contribution in [0, 0.1) is 0 Å². The van der Waals surface area contributed by atoms with E-state index in [0.717, 1.165) is 35.1 Å². The van der Waals surface area contributed by atoms with Gasteiger partial charge in [-0.25, -0.2) is 0 Å². The van der Waals surface area contributed by atoms with E-state index in [1.54, 1.807) is 0 Å². The van der Waals surface area contributed by atoms with E-state index in [1.165, 1.54) is 17.3 Å². The smallest absolute Gasteiger partial charge is 0.191 e. The first-order valence-electron chi connectivity index (χ1n) is 8.46. The number of Topliss-reactive ketones (excluding diaryl/α,β-unsaturated/α-hetero) is 1. The minimum absolute atomic E-state index is 0.111. The van der Waals surface area contributed by atoms with Crippen molar-refractivity contribution >= 4 is 17.5 Å². The van der Waals surface area contributed by atoms with E-state index in [-0.39, 0.29) is 5.78 Å². The minimum atomic E-state index is 0.111. The number of hydrogen-bond acceptors (Lipinski definition) is 4. The van der Waals surface area contributed by atoms with Gasteiger partial charge < -0.3 is 4.57 Å². The zero-order valence-corrected chi connectivity index (χ0v) is 15.3. The highest BCUT2D eigenvalue weighted by Crippen LogP contribution is 2.24. The van der Waals surface area contributed by atoms with Crippen molar-refractivity contribution in [1.82, 2.24) is 14.8 Å². The zero-order chi connectivity index (χ0) is 17.6. The van der Waals surface area contributed by atoms with E-state index in [1.807, 2.05) is 59.2 Å². The summed E-state index contributed by atoms with van der Waals surface area (Å²) in [5, 5.41) is 9.37. The van der Waals surface area contributed by atoms with Crippen LogP contribution in [-0.2, 0) is 13.0 Å². The van der Waals surface area contributed by atoms with Crippen LogP contribution in [0.2, 0.25) is 0 Å². The van der Waals surface area contributed by atoms with Gasteiger partial charge in [-0.15, -0.1) is 10.2 Å². The molecule has 0 unspecified atom stereocenters. The van der Waals surface area contributed by atoms with Crippen LogP contribution in [0.15, 0.2) is 59.8 Å². The number of aromatic nitrogens is 3. The fraction of sp³-hybridized carbons (Fsp3) is 0.250. The Hall–Kier alpha value is -2.40. The predicted molar refractivity (Wildman–Crippen MR) is 102 cm³/mol. The normalized spacial score (nSPS) is 10.8. The van der Waals surface area contributed by atoms with Crippen molar-refractivity contribution in [2.45, 2.75) is 32.0 Å². The van der Waals surface area contributed by atoms with Crippen LogP contribution < -0.4 is 0 Å². The molecule has 0 saturated carbocycles. The third-order valence-corrected chi connectivity index (χ3v) is 5.05. The molecule has 0 bridgehead atoms. The molecule has 5 heteroatoms. The molecule has 0 N–H and O–H groups in total. The molecule has 0 fully saturated rings. The summed E-state index contributed by atoms with van der Waals surface area (Å²) in [5.41, 5.74) is 3.02. The molecule has 3 rings (SSSR count). The molecule has 0 amide bonds. The first kappa shape index (κ1) is 17.4. The van der Waals surface area contributed by atoms with Crippen molar-refractivity contribution in [2.75, 3.05) is 5.75 Å². The Labute approximate surface area is 152 Å². The highest BCUT2D eigenvalue weighted by molar-refractivity contribution is 7.99. The van der Waals surface area contributed by atoms with Gasteiger partial charge in [0.25, 0.3) is 0 Å². The summed E-state index contributed by atoms with van der Waals surface area (Å²) in [7, 11) is 0. The van der Waals surface area contributed by atoms with E-state index in [0.29, 0.717) is 5.75 Å². The van der Waals surface area contributed by atoms with Crippen LogP contribution in [0.25, 0.3) is 11.4 Å². The van der Waals surface area contributed by atoms with Crippen LogP contribution in [0.4, 0.5) is 0 Å². The topological polar surface area (TPSA) is 47.8 Å². The lowest BCUT2D eigenvalue weighted by Crippen LogP contribution is -2.05. The monoisotopic (exact) mass is 351 g/mol. The van der Waals surface area contributed by atoms with Crippen LogP contribution in [0.1, 0.15) is 29.8 Å². The Balaban J connectivity index is 1.72. The maximum absolute atomic E-state index is 12.4. The molecule has 25 heavy (non-hydrogen) atoms. The number of thioether (sulfide) groups is 1. The molecule has 0 radical (unpaired) electrons. The Morgan fingerprint density at radius 3 is 2.36 bits per heavy atom. The number of carbonyl (C=O) groups is 1. The summed E-state index contributed by atoms with van der Waals surface area (Å²) in [6, 6.07) is 17.8. The third-order valence-electron chi connectivity index (χ3n) is 4.08. The summed E-state index contributed by atoms with van der Waals surface area (Å²) in [6.07, 6.45) is 0.977. The van der Waals surface area contributed by atoms with Crippen molar-refractivity contribution in [2.24, 2.45) is 0 Å². The van der Waals surface area contributed by atoms with E-state index in [9.17, 15) is 4.79 Å². The van der Waals surface area contributed by atoms with E-state index >= 15 is 0 Å². The number of carbonyl (C=O) groups excluding carboxylic acids is 1. The molecular weight excluding hydrogens is 330 g/mol. The molecule has 0 saturated heterocycles. The Morgan fingerprint density at radius 2 is 1.72 bits per heavy atom. The summed E-state index contributed by atoms with van der Waals surface area (Å²) >= 11 is 1.44. The third kappa shape index (κ3) is 3.99. The summed E-state index contributed by atoms with van der Waals surface area (Å²) in [5.74, 6) is 1.31. The average Bonchev–Trinajstić information content (AvgIpc) is 3.09. The van der Waals surface area contributed by atoms with Gasteiger partial charge in [-0.05, 0) is 18.9 Å². The second-order valence-corrected chi connectivity index (χ2v) is 6.62. The van der Waals surface area contributed by atoms with Crippen LogP contribution in [0.5, 0.6) is 0 Å².